The van der Waals surface area contributed by atoms with E-state index in [0.29, 0.717) is 6.04 Å². The van der Waals surface area contributed by atoms with E-state index >= 15 is 0 Å². The average molecular weight is 166 g/mol. The number of nitrogens with zero attached hydrogens (tertiary/aromatic N) is 3. The van der Waals surface area contributed by atoms with Crippen LogP contribution in [-0.4, -0.2) is 11.6 Å². The third-order valence-electron chi connectivity index (χ3n) is 2.82. The van der Waals surface area contributed by atoms with Crippen molar-refractivity contribution >= 4 is 0 Å². The minimum Gasteiger partial charge on any atom is -0.302 e. The number of nitrogens with one attached hydrogen (secondary N) is 1. The summed E-state index contributed by atoms with van der Waals surface area (Å²) in [6, 6.07) is 0.487. The molecule has 1 saturated heterocycles. The SMILES string of the molecule is C/C(N=[N+]=[N-])=C(\C)C1(C)NC1C. The van der Waals surface area contributed by atoms with Gasteiger partial charge >= 0.3 is 0 Å². The molecule has 0 radical (unpaired) electrons. The Hall–Kier alpha value is -0.990. The number of rotatable bonds is 2. The van der Waals surface area contributed by atoms with Gasteiger partial charge in [-0.2, -0.15) is 0 Å². The second-order valence-corrected chi connectivity index (χ2v) is 3.47. The third-order valence-corrected chi connectivity index (χ3v) is 2.82. The Kier molecular flexibility index (Phi) is 2.13. The summed E-state index contributed by atoms with van der Waals surface area (Å²) in [7, 11) is 0. The second kappa shape index (κ2) is 2.81. The largest absolute Gasteiger partial charge is 0.302 e. The summed E-state index contributed by atoms with van der Waals surface area (Å²) in [6.45, 7) is 8.07. The lowest BCUT2D eigenvalue weighted by Crippen LogP contribution is -2.13. The molecule has 1 fully saturated rings. The minimum absolute atomic E-state index is 0.0538. The summed E-state index contributed by atoms with van der Waals surface area (Å²) < 4.78 is 0. The average Bonchev–Trinajstić information content (AvgIpc) is 2.60. The normalized spacial score (nSPS) is 35.2. The standard InChI is InChI=1S/C8H14N4/c1-5(6(2)11-12-9)8(4)7(3)10-8/h7,10H,1-4H3/b6-5-. The molecule has 1 rings (SSSR count). The van der Waals surface area contributed by atoms with E-state index in [4.69, 9.17) is 5.53 Å². The Morgan fingerprint density at radius 1 is 1.58 bits per heavy atom. The van der Waals surface area contributed by atoms with Gasteiger partial charge in [-0.05, 0) is 38.8 Å². The van der Waals surface area contributed by atoms with E-state index in [1.54, 1.807) is 0 Å². The fourth-order valence-electron chi connectivity index (χ4n) is 1.36. The summed E-state index contributed by atoms with van der Waals surface area (Å²) in [6.07, 6.45) is 0. The van der Waals surface area contributed by atoms with Crippen LogP contribution in [0.3, 0.4) is 0 Å². The Balaban J connectivity index is 2.89. The van der Waals surface area contributed by atoms with Crippen molar-refractivity contribution in [3.05, 3.63) is 21.7 Å². The number of hydrogen-bond donors (Lipinski definition) is 1. The maximum absolute atomic E-state index is 8.24. The quantitative estimate of drug-likeness (QED) is 0.291. The zero-order chi connectivity index (χ0) is 9.35. The first-order valence-electron chi connectivity index (χ1n) is 4.03. The van der Waals surface area contributed by atoms with Crippen LogP contribution in [0.4, 0.5) is 0 Å². The number of allylic oxidation sites excluding steroid dienone is 1. The Morgan fingerprint density at radius 2 is 2.08 bits per heavy atom. The minimum atomic E-state index is 0.0538. The maximum Gasteiger partial charge on any atom is 0.0522 e. The Bertz CT molecular complexity index is 275. The van der Waals surface area contributed by atoms with Crippen molar-refractivity contribution in [3.8, 4) is 0 Å². The van der Waals surface area contributed by atoms with Gasteiger partial charge in [-0.15, -0.1) is 0 Å². The number of hydrogen-bond acceptors (Lipinski definition) is 2. The van der Waals surface area contributed by atoms with Crippen LogP contribution in [0.2, 0.25) is 0 Å². The first kappa shape index (κ1) is 9.10. The molecule has 0 aromatic carbocycles. The number of azide groups is 1. The maximum atomic E-state index is 8.24. The topological polar surface area (TPSA) is 70.7 Å². The van der Waals surface area contributed by atoms with Gasteiger partial charge in [0.15, 0.2) is 0 Å². The van der Waals surface area contributed by atoms with E-state index in [-0.39, 0.29) is 5.54 Å². The van der Waals surface area contributed by atoms with E-state index in [1.807, 2.05) is 13.8 Å². The Morgan fingerprint density at radius 3 is 2.42 bits per heavy atom. The Labute approximate surface area is 72.3 Å². The fraction of sp³-hybridized carbons (Fsp3) is 0.750. The molecule has 2 atom stereocenters. The molecule has 0 bridgehead atoms. The van der Waals surface area contributed by atoms with Gasteiger partial charge in [-0.1, -0.05) is 5.11 Å². The molecule has 4 nitrogen and oxygen atoms in total. The van der Waals surface area contributed by atoms with Crippen LogP contribution in [0.25, 0.3) is 10.4 Å². The van der Waals surface area contributed by atoms with Gasteiger partial charge < -0.3 is 5.32 Å². The van der Waals surface area contributed by atoms with E-state index in [0.717, 1.165) is 11.3 Å². The summed E-state index contributed by atoms with van der Waals surface area (Å²) >= 11 is 0. The van der Waals surface area contributed by atoms with Crippen LogP contribution in [-0.2, 0) is 0 Å². The van der Waals surface area contributed by atoms with Crippen molar-refractivity contribution in [2.75, 3.05) is 0 Å². The highest BCUT2D eigenvalue weighted by Crippen LogP contribution is 2.35. The fourth-order valence-corrected chi connectivity index (χ4v) is 1.36. The first-order valence-corrected chi connectivity index (χ1v) is 4.03. The molecule has 0 spiro atoms. The highest BCUT2D eigenvalue weighted by molar-refractivity contribution is 5.33. The summed E-state index contributed by atoms with van der Waals surface area (Å²) in [4.78, 5) is 2.76. The molecule has 0 aromatic rings. The van der Waals surface area contributed by atoms with Crippen molar-refractivity contribution < 1.29 is 0 Å². The first-order chi connectivity index (χ1) is 5.52. The van der Waals surface area contributed by atoms with Crippen LogP contribution in [0.15, 0.2) is 16.4 Å². The monoisotopic (exact) mass is 166 g/mol. The second-order valence-electron chi connectivity index (χ2n) is 3.47. The smallest absolute Gasteiger partial charge is 0.0522 e. The van der Waals surface area contributed by atoms with Crippen LogP contribution in [0.1, 0.15) is 27.7 Å². The molecule has 0 aromatic heterocycles. The predicted molar refractivity (Wildman–Crippen MR) is 48.5 cm³/mol. The van der Waals surface area contributed by atoms with Crippen LogP contribution >= 0.6 is 0 Å². The van der Waals surface area contributed by atoms with Crippen LogP contribution < -0.4 is 5.32 Å². The van der Waals surface area contributed by atoms with Gasteiger partial charge in [0.05, 0.1) is 5.54 Å². The molecule has 66 valence electrons. The van der Waals surface area contributed by atoms with Crippen LogP contribution in [0, 0.1) is 0 Å². The molecule has 0 aliphatic carbocycles. The van der Waals surface area contributed by atoms with Crippen molar-refractivity contribution in [1.82, 2.24) is 5.32 Å². The molecule has 1 aliphatic rings. The molecule has 2 unspecified atom stereocenters. The van der Waals surface area contributed by atoms with Gasteiger partial charge in [0.25, 0.3) is 0 Å². The lowest BCUT2D eigenvalue weighted by atomic mass is 9.97. The molecular formula is C8H14N4. The summed E-state index contributed by atoms with van der Waals surface area (Å²) in [5.74, 6) is 0. The van der Waals surface area contributed by atoms with Crippen molar-refractivity contribution in [3.63, 3.8) is 0 Å². The van der Waals surface area contributed by atoms with Crippen molar-refractivity contribution in [2.45, 2.75) is 39.3 Å². The summed E-state index contributed by atoms with van der Waals surface area (Å²) in [5, 5.41) is 6.89. The lowest BCUT2D eigenvalue weighted by Gasteiger charge is -2.09. The van der Waals surface area contributed by atoms with Crippen molar-refractivity contribution in [1.29, 1.82) is 0 Å². The van der Waals surface area contributed by atoms with Crippen LogP contribution in [0.5, 0.6) is 0 Å². The van der Waals surface area contributed by atoms with Gasteiger partial charge in [-0.25, -0.2) is 0 Å². The van der Waals surface area contributed by atoms with Gasteiger partial charge in [0, 0.05) is 16.7 Å². The molecule has 0 amide bonds. The third kappa shape index (κ3) is 1.31. The van der Waals surface area contributed by atoms with Gasteiger partial charge in [-0.3, -0.25) is 0 Å². The molecule has 1 aliphatic heterocycles. The molecule has 1 heterocycles. The molecule has 1 N–H and O–H groups in total. The lowest BCUT2D eigenvalue weighted by molar-refractivity contribution is 0.772. The summed E-state index contributed by atoms with van der Waals surface area (Å²) in [5.41, 5.74) is 10.2. The predicted octanol–water partition coefficient (Wildman–Crippen LogP) is 2.34. The molecular weight excluding hydrogens is 152 g/mol. The van der Waals surface area contributed by atoms with E-state index in [2.05, 4.69) is 29.2 Å². The van der Waals surface area contributed by atoms with Gasteiger partial charge in [0.1, 0.15) is 0 Å². The zero-order valence-corrected chi connectivity index (χ0v) is 7.92. The van der Waals surface area contributed by atoms with E-state index < -0.39 is 0 Å². The van der Waals surface area contributed by atoms with Gasteiger partial charge in [0.2, 0.25) is 0 Å². The highest BCUT2D eigenvalue weighted by Gasteiger charge is 2.47. The zero-order valence-electron chi connectivity index (χ0n) is 7.92. The highest BCUT2D eigenvalue weighted by atomic mass is 15.2. The van der Waals surface area contributed by atoms with Crippen molar-refractivity contribution in [2.24, 2.45) is 5.11 Å². The molecule has 12 heavy (non-hydrogen) atoms. The molecule has 4 heteroatoms. The molecule has 0 saturated carbocycles. The van der Waals surface area contributed by atoms with E-state index in [9.17, 15) is 0 Å². The van der Waals surface area contributed by atoms with E-state index in [1.165, 1.54) is 0 Å².